The number of halogens is 3. The quantitative estimate of drug-likeness (QED) is 0.799. The lowest BCUT2D eigenvalue weighted by Gasteiger charge is -2.14. The first-order valence-electron chi connectivity index (χ1n) is 6.70. The number of nitrogens with zero attached hydrogens (tertiary/aromatic N) is 3. The third-order valence-corrected chi connectivity index (χ3v) is 4.97. The molecule has 21 heavy (non-hydrogen) atoms. The molecule has 2 N–H and O–H groups in total. The molecular weight excluding hydrogens is 375 g/mol. The zero-order chi connectivity index (χ0) is 15.0. The molecule has 110 valence electrons. The SMILES string of the molecule is Nc1nc(-c2ncc(Cl)cc2Cl)nc(C2CCCC2)c1Br. The van der Waals surface area contributed by atoms with Crippen LogP contribution in [0.15, 0.2) is 16.7 Å². The number of aromatic nitrogens is 3. The molecule has 1 fully saturated rings. The van der Waals surface area contributed by atoms with E-state index >= 15 is 0 Å². The molecule has 0 bridgehead atoms. The van der Waals surface area contributed by atoms with Crippen LogP contribution in [0.3, 0.4) is 0 Å². The van der Waals surface area contributed by atoms with Gasteiger partial charge in [0.05, 0.1) is 20.2 Å². The molecule has 7 heteroatoms. The van der Waals surface area contributed by atoms with Crippen LogP contribution in [-0.4, -0.2) is 15.0 Å². The summed E-state index contributed by atoms with van der Waals surface area (Å²) >= 11 is 15.6. The zero-order valence-electron chi connectivity index (χ0n) is 11.1. The van der Waals surface area contributed by atoms with Crippen LogP contribution in [0.4, 0.5) is 5.82 Å². The summed E-state index contributed by atoms with van der Waals surface area (Å²) in [5, 5.41) is 0.895. The van der Waals surface area contributed by atoms with Gasteiger partial charge in [-0.3, -0.25) is 0 Å². The van der Waals surface area contributed by atoms with Crippen molar-refractivity contribution >= 4 is 44.9 Å². The molecule has 2 aromatic rings. The summed E-state index contributed by atoms with van der Waals surface area (Å²) in [5.74, 6) is 1.27. The van der Waals surface area contributed by atoms with Gasteiger partial charge in [0.1, 0.15) is 11.5 Å². The Morgan fingerprint density at radius 1 is 1.19 bits per heavy atom. The van der Waals surface area contributed by atoms with Crippen LogP contribution < -0.4 is 5.73 Å². The number of nitrogen functional groups attached to an aromatic ring is 1. The Balaban J connectivity index is 2.10. The number of rotatable bonds is 2. The van der Waals surface area contributed by atoms with Crippen molar-refractivity contribution in [3.63, 3.8) is 0 Å². The highest BCUT2D eigenvalue weighted by atomic mass is 79.9. The molecule has 1 saturated carbocycles. The molecule has 4 nitrogen and oxygen atoms in total. The second-order valence-corrected chi connectivity index (χ2v) is 6.73. The lowest BCUT2D eigenvalue weighted by molar-refractivity contribution is 0.691. The third kappa shape index (κ3) is 3.00. The van der Waals surface area contributed by atoms with Gasteiger partial charge in [-0.25, -0.2) is 15.0 Å². The molecule has 1 aliphatic rings. The van der Waals surface area contributed by atoms with E-state index in [9.17, 15) is 0 Å². The number of hydrogen-bond acceptors (Lipinski definition) is 4. The molecule has 0 saturated heterocycles. The van der Waals surface area contributed by atoms with Gasteiger partial charge in [-0.05, 0) is 34.8 Å². The third-order valence-electron chi connectivity index (χ3n) is 3.66. The fourth-order valence-corrected chi connectivity index (χ4v) is 3.60. The highest BCUT2D eigenvalue weighted by Gasteiger charge is 2.24. The van der Waals surface area contributed by atoms with Gasteiger partial charge in [-0.2, -0.15) is 0 Å². The second-order valence-electron chi connectivity index (χ2n) is 5.10. The van der Waals surface area contributed by atoms with Gasteiger partial charge in [0.15, 0.2) is 5.82 Å². The fraction of sp³-hybridized carbons (Fsp3) is 0.357. The minimum atomic E-state index is 0.412. The number of nitrogens with two attached hydrogens (primary N) is 1. The van der Waals surface area contributed by atoms with Crippen LogP contribution >= 0.6 is 39.1 Å². The Kier molecular flexibility index (Phi) is 4.33. The van der Waals surface area contributed by atoms with Crippen molar-refractivity contribution in [1.29, 1.82) is 0 Å². The molecule has 0 amide bonds. The lowest BCUT2D eigenvalue weighted by atomic mass is 10.0. The fourth-order valence-electron chi connectivity index (χ4n) is 2.64. The first-order valence-corrected chi connectivity index (χ1v) is 8.25. The summed E-state index contributed by atoms with van der Waals surface area (Å²) < 4.78 is 0.781. The predicted molar refractivity (Wildman–Crippen MR) is 88.6 cm³/mol. The Morgan fingerprint density at radius 3 is 2.57 bits per heavy atom. The second kappa shape index (κ2) is 6.07. The first-order chi connectivity index (χ1) is 10.1. The number of anilines is 1. The van der Waals surface area contributed by atoms with Gasteiger partial charge in [-0.1, -0.05) is 36.0 Å². The average molecular weight is 388 g/mol. The Morgan fingerprint density at radius 2 is 1.90 bits per heavy atom. The number of pyridine rings is 1. The maximum atomic E-state index is 6.19. The summed E-state index contributed by atoms with van der Waals surface area (Å²) in [7, 11) is 0. The molecule has 0 atom stereocenters. The van der Waals surface area contributed by atoms with Crippen molar-refractivity contribution < 1.29 is 0 Å². The molecule has 0 aromatic carbocycles. The normalized spacial score (nSPS) is 15.6. The van der Waals surface area contributed by atoms with Crippen LogP contribution in [-0.2, 0) is 0 Å². The predicted octanol–water partition coefficient (Wildman–Crippen LogP) is 4.85. The summed E-state index contributed by atoms with van der Waals surface area (Å²) in [5.41, 5.74) is 7.46. The van der Waals surface area contributed by atoms with E-state index in [4.69, 9.17) is 28.9 Å². The molecule has 2 aromatic heterocycles. The van der Waals surface area contributed by atoms with E-state index in [2.05, 4.69) is 30.9 Å². The summed E-state index contributed by atoms with van der Waals surface area (Å²) in [6.07, 6.45) is 6.21. The van der Waals surface area contributed by atoms with E-state index in [1.165, 1.54) is 19.0 Å². The largest absolute Gasteiger partial charge is 0.383 e. The van der Waals surface area contributed by atoms with Crippen LogP contribution in [0.1, 0.15) is 37.3 Å². The van der Waals surface area contributed by atoms with Gasteiger partial charge >= 0.3 is 0 Å². The van der Waals surface area contributed by atoms with Gasteiger partial charge < -0.3 is 5.73 Å². The van der Waals surface area contributed by atoms with E-state index in [0.29, 0.717) is 33.3 Å². The van der Waals surface area contributed by atoms with Crippen LogP contribution in [0, 0.1) is 0 Å². The monoisotopic (exact) mass is 386 g/mol. The Labute approximate surface area is 141 Å². The van der Waals surface area contributed by atoms with Crippen molar-refractivity contribution in [2.75, 3.05) is 5.73 Å². The molecular formula is C14H13BrCl2N4. The summed E-state index contributed by atoms with van der Waals surface area (Å²) in [6, 6.07) is 1.63. The lowest BCUT2D eigenvalue weighted by Crippen LogP contribution is -2.06. The molecule has 0 radical (unpaired) electrons. The van der Waals surface area contributed by atoms with E-state index in [-0.39, 0.29) is 0 Å². The molecule has 0 unspecified atom stereocenters. The topological polar surface area (TPSA) is 64.7 Å². The number of hydrogen-bond donors (Lipinski definition) is 1. The minimum absolute atomic E-state index is 0.412. The average Bonchev–Trinajstić information content (AvgIpc) is 2.96. The highest BCUT2D eigenvalue weighted by molar-refractivity contribution is 9.10. The van der Waals surface area contributed by atoms with Crippen molar-refractivity contribution in [1.82, 2.24) is 15.0 Å². The van der Waals surface area contributed by atoms with Crippen molar-refractivity contribution in [2.24, 2.45) is 0 Å². The van der Waals surface area contributed by atoms with Crippen LogP contribution in [0.2, 0.25) is 10.0 Å². The molecule has 0 spiro atoms. The van der Waals surface area contributed by atoms with E-state index in [1.54, 1.807) is 6.07 Å². The van der Waals surface area contributed by atoms with Gasteiger partial charge in [0.2, 0.25) is 0 Å². The molecule has 2 heterocycles. The van der Waals surface area contributed by atoms with Crippen LogP contribution in [0.5, 0.6) is 0 Å². The standard InChI is InChI=1S/C14H13BrCl2N4/c15-10-11(7-3-1-2-4-7)20-14(21-13(10)18)12-9(17)5-8(16)6-19-12/h5-7H,1-4H2,(H2,18,20,21). The van der Waals surface area contributed by atoms with Crippen molar-refractivity contribution in [3.05, 3.63) is 32.5 Å². The Bertz CT molecular complexity index is 687. The minimum Gasteiger partial charge on any atom is -0.383 e. The smallest absolute Gasteiger partial charge is 0.182 e. The van der Waals surface area contributed by atoms with E-state index < -0.39 is 0 Å². The maximum Gasteiger partial charge on any atom is 0.182 e. The zero-order valence-corrected chi connectivity index (χ0v) is 14.2. The summed E-state index contributed by atoms with van der Waals surface area (Å²) in [6.45, 7) is 0. The highest BCUT2D eigenvalue weighted by Crippen LogP contribution is 2.39. The van der Waals surface area contributed by atoms with Crippen LogP contribution in [0.25, 0.3) is 11.5 Å². The van der Waals surface area contributed by atoms with Crippen molar-refractivity contribution in [3.8, 4) is 11.5 Å². The van der Waals surface area contributed by atoms with Gasteiger partial charge in [0, 0.05) is 12.1 Å². The molecule has 1 aliphatic carbocycles. The van der Waals surface area contributed by atoms with E-state index in [0.717, 1.165) is 23.0 Å². The molecule has 3 rings (SSSR count). The van der Waals surface area contributed by atoms with E-state index in [1.807, 2.05) is 0 Å². The summed E-state index contributed by atoms with van der Waals surface area (Å²) in [4.78, 5) is 13.2. The van der Waals surface area contributed by atoms with Gasteiger partial charge in [0.25, 0.3) is 0 Å². The first kappa shape index (κ1) is 15.0. The maximum absolute atomic E-state index is 6.19. The molecule has 0 aliphatic heterocycles. The van der Waals surface area contributed by atoms with Gasteiger partial charge in [-0.15, -0.1) is 0 Å². The Hall–Kier alpha value is -0.910. The van der Waals surface area contributed by atoms with Crippen molar-refractivity contribution in [2.45, 2.75) is 31.6 Å².